The Labute approximate surface area is 165 Å². The zero-order valence-electron chi connectivity index (χ0n) is 15.2. The summed E-state index contributed by atoms with van der Waals surface area (Å²) in [6, 6.07) is 3.02. The van der Waals surface area contributed by atoms with E-state index >= 15 is 0 Å². The molecule has 2 amide bonds. The first kappa shape index (κ1) is 19.7. The van der Waals surface area contributed by atoms with Crippen molar-refractivity contribution in [2.45, 2.75) is 39.2 Å². The molecule has 2 aliphatic rings. The molecule has 0 bridgehead atoms. The molecule has 1 heterocycles. The summed E-state index contributed by atoms with van der Waals surface area (Å²) in [5.74, 6) is -3.20. The number of rotatable bonds is 5. The van der Waals surface area contributed by atoms with E-state index in [-0.39, 0.29) is 29.9 Å². The minimum absolute atomic E-state index is 0.0404. The van der Waals surface area contributed by atoms with Gasteiger partial charge in [-0.25, -0.2) is 9.18 Å². The van der Waals surface area contributed by atoms with E-state index in [4.69, 9.17) is 4.74 Å². The molecule has 3 unspecified atom stereocenters. The van der Waals surface area contributed by atoms with Crippen LogP contribution < -0.4 is 4.74 Å². The van der Waals surface area contributed by atoms with Gasteiger partial charge in [-0.1, -0.05) is 41.9 Å². The molecule has 1 aliphatic heterocycles. The summed E-state index contributed by atoms with van der Waals surface area (Å²) in [5.41, 5.74) is 0. The van der Waals surface area contributed by atoms with Gasteiger partial charge in [0.1, 0.15) is 6.04 Å². The van der Waals surface area contributed by atoms with Gasteiger partial charge >= 0.3 is 5.97 Å². The number of fused-ring (bicyclic) bond motifs is 1. The monoisotopic (exact) mass is 437 g/mol. The third-order valence-corrected chi connectivity index (χ3v) is 5.42. The van der Waals surface area contributed by atoms with Crippen molar-refractivity contribution in [1.29, 1.82) is 0 Å². The van der Waals surface area contributed by atoms with Crippen LogP contribution in [0.3, 0.4) is 0 Å². The summed E-state index contributed by atoms with van der Waals surface area (Å²) in [7, 11) is 0. The van der Waals surface area contributed by atoms with Crippen LogP contribution in [-0.4, -0.2) is 28.7 Å². The van der Waals surface area contributed by atoms with Crippen LogP contribution in [-0.2, 0) is 14.4 Å². The van der Waals surface area contributed by atoms with Gasteiger partial charge in [0, 0.05) is 4.47 Å². The van der Waals surface area contributed by atoms with Gasteiger partial charge in [0.05, 0.1) is 11.8 Å². The Balaban J connectivity index is 1.86. The Morgan fingerprint density at radius 3 is 2.33 bits per heavy atom. The molecular weight excluding hydrogens is 417 g/mol. The van der Waals surface area contributed by atoms with E-state index in [9.17, 15) is 18.8 Å². The van der Waals surface area contributed by atoms with Gasteiger partial charge in [0.2, 0.25) is 11.8 Å². The second-order valence-corrected chi connectivity index (χ2v) is 8.26. The zero-order chi connectivity index (χ0) is 19.7. The van der Waals surface area contributed by atoms with Crippen molar-refractivity contribution in [2.24, 2.45) is 17.8 Å². The van der Waals surface area contributed by atoms with Gasteiger partial charge < -0.3 is 4.74 Å². The van der Waals surface area contributed by atoms with Crippen molar-refractivity contribution in [3.8, 4) is 5.75 Å². The molecule has 1 fully saturated rings. The molecule has 0 aromatic heterocycles. The van der Waals surface area contributed by atoms with Gasteiger partial charge in [-0.05, 0) is 43.4 Å². The van der Waals surface area contributed by atoms with E-state index in [1.54, 1.807) is 6.07 Å². The lowest BCUT2D eigenvalue weighted by Crippen LogP contribution is -2.48. The standard InChI is InChI=1S/C20H21BrFNO4/c1-11(2)9-16(20(26)27-17-8-7-12(21)10-15(17)22)23-18(24)13-5-3-4-6-14(13)19(23)25/h3-4,7-8,10-11,13-14,16H,5-6,9H2,1-2H3. The lowest BCUT2D eigenvalue weighted by molar-refractivity contribution is -0.154. The second kappa shape index (κ2) is 7.92. The summed E-state index contributed by atoms with van der Waals surface area (Å²) in [6.07, 6.45) is 5.04. The average Bonchev–Trinajstić information content (AvgIpc) is 2.86. The molecule has 1 saturated heterocycles. The van der Waals surface area contributed by atoms with Crippen LogP contribution in [0.25, 0.3) is 0 Å². The van der Waals surface area contributed by atoms with Crippen molar-refractivity contribution >= 4 is 33.7 Å². The van der Waals surface area contributed by atoms with E-state index in [0.717, 1.165) is 4.90 Å². The molecule has 3 atom stereocenters. The van der Waals surface area contributed by atoms with E-state index in [2.05, 4.69) is 15.9 Å². The molecule has 0 spiro atoms. The first-order valence-electron chi connectivity index (χ1n) is 8.98. The highest BCUT2D eigenvalue weighted by atomic mass is 79.9. The molecule has 0 radical (unpaired) electrons. The first-order valence-corrected chi connectivity index (χ1v) is 9.77. The second-order valence-electron chi connectivity index (χ2n) is 7.34. The third-order valence-electron chi connectivity index (χ3n) is 4.92. The molecule has 3 rings (SSSR count). The first-order chi connectivity index (χ1) is 12.8. The molecule has 1 aliphatic carbocycles. The maximum Gasteiger partial charge on any atom is 0.334 e. The number of halogens is 2. The number of hydrogen-bond donors (Lipinski definition) is 0. The molecule has 7 heteroatoms. The van der Waals surface area contributed by atoms with Gasteiger partial charge in [-0.2, -0.15) is 0 Å². The lowest BCUT2D eigenvalue weighted by Gasteiger charge is -2.26. The maximum absolute atomic E-state index is 14.0. The topological polar surface area (TPSA) is 63.7 Å². The van der Waals surface area contributed by atoms with Crippen LogP contribution >= 0.6 is 15.9 Å². The number of carbonyl (C=O) groups excluding carboxylic acids is 3. The number of carbonyl (C=O) groups is 3. The van der Waals surface area contributed by atoms with Crippen LogP contribution in [0.4, 0.5) is 4.39 Å². The number of benzene rings is 1. The molecule has 27 heavy (non-hydrogen) atoms. The molecule has 0 N–H and O–H groups in total. The minimum atomic E-state index is -1.06. The van der Waals surface area contributed by atoms with Crippen molar-refractivity contribution in [3.05, 3.63) is 40.6 Å². The smallest absolute Gasteiger partial charge is 0.334 e. The minimum Gasteiger partial charge on any atom is -0.422 e. The van der Waals surface area contributed by atoms with Crippen LogP contribution in [0.15, 0.2) is 34.8 Å². The fraction of sp³-hybridized carbons (Fsp3) is 0.450. The highest BCUT2D eigenvalue weighted by Gasteiger charge is 2.51. The van der Waals surface area contributed by atoms with Gasteiger partial charge in [-0.15, -0.1) is 0 Å². The Morgan fingerprint density at radius 1 is 1.22 bits per heavy atom. The molecule has 1 aromatic carbocycles. The van der Waals surface area contributed by atoms with E-state index < -0.39 is 29.7 Å². The Bertz CT molecular complexity index is 781. The molecule has 144 valence electrons. The Morgan fingerprint density at radius 2 is 1.81 bits per heavy atom. The number of likely N-dealkylation sites (tertiary alicyclic amines) is 1. The summed E-state index contributed by atoms with van der Waals surface area (Å²) in [6.45, 7) is 3.78. The Hall–Kier alpha value is -2.02. The molecule has 0 saturated carbocycles. The van der Waals surface area contributed by atoms with E-state index in [1.807, 2.05) is 26.0 Å². The number of imide groups is 1. The van der Waals surface area contributed by atoms with E-state index in [1.165, 1.54) is 12.1 Å². The molecular formula is C20H21BrFNO4. The summed E-state index contributed by atoms with van der Waals surface area (Å²) in [5, 5.41) is 0. The highest BCUT2D eigenvalue weighted by Crippen LogP contribution is 2.37. The number of hydrogen-bond acceptors (Lipinski definition) is 4. The largest absolute Gasteiger partial charge is 0.422 e. The number of allylic oxidation sites excluding steroid dienone is 2. The zero-order valence-corrected chi connectivity index (χ0v) is 16.7. The fourth-order valence-corrected chi connectivity index (χ4v) is 3.95. The summed E-state index contributed by atoms with van der Waals surface area (Å²) < 4.78 is 19.8. The van der Waals surface area contributed by atoms with Gasteiger partial charge in [0.15, 0.2) is 11.6 Å². The van der Waals surface area contributed by atoms with Crippen molar-refractivity contribution in [2.75, 3.05) is 0 Å². The number of amides is 2. The van der Waals surface area contributed by atoms with Crippen LogP contribution in [0, 0.1) is 23.6 Å². The third kappa shape index (κ3) is 3.98. The average molecular weight is 438 g/mol. The van der Waals surface area contributed by atoms with Crippen molar-refractivity contribution < 1.29 is 23.5 Å². The predicted molar refractivity (Wildman–Crippen MR) is 100 cm³/mol. The maximum atomic E-state index is 14.0. The van der Waals surface area contributed by atoms with Crippen LogP contribution in [0.1, 0.15) is 33.1 Å². The summed E-state index contributed by atoms with van der Waals surface area (Å²) in [4.78, 5) is 39.5. The number of nitrogens with zero attached hydrogens (tertiary/aromatic N) is 1. The summed E-state index contributed by atoms with van der Waals surface area (Å²) >= 11 is 3.14. The number of esters is 1. The molecule has 5 nitrogen and oxygen atoms in total. The highest BCUT2D eigenvalue weighted by molar-refractivity contribution is 9.10. The van der Waals surface area contributed by atoms with E-state index in [0.29, 0.717) is 17.3 Å². The Kier molecular flexibility index (Phi) is 5.79. The van der Waals surface area contributed by atoms with Gasteiger partial charge in [-0.3, -0.25) is 14.5 Å². The van der Waals surface area contributed by atoms with Crippen LogP contribution in [0.2, 0.25) is 0 Å². The normalized spacial score (nSPS) is 22.9. The SMILES string of the molecule is CC(C)CC(C(=O)Oc1ccc(Br)cc1F)N1C(=O)C2CC=CCC2C1=O. The predicted octanol–water partition coefficient (Wildman–Crippen LogP) is 3.86. The van der Waals surface area contributed by atoms with Crippen molar-refractivity contribution in [1.82, 2.24) is 4.90 Å². The lowest BCUT2D eigenvalue weighted by atomic mass is 9.85. The fourth-order valence-electron chi connectivity index (χ4n) is 3.62. The molecule has 1 aromatic rings. The van der Waals surface area contributed by atoms with Crippen LogP contribution in [0.5, 0.6) is 5.75 Å². The number of ether oxygens (including phenoxy) is 1. The quantitative estimate of drug-likeness (QED) is 0.303. The van der Waals surface area contributed by atoms with Gasteiger partial charge in [0.25, 0.3) is 0 Å². The van der Waals surface area contributed by atoms with Crippen molar-refractivity contribution in [3.63, 3.8) is 0 Å².